The van der Waals surface area contributed by atoms with Crippen LogP contribution in [0.3, 0.4) is 0 Å². The quantitative estimate of drug-likeness (QED) is 0.601. The average molecular weight is 328 g/mol. The van der Waals surface area contributed by atoms with Crippen LogP contribution >= 0.6 is 11.8 Å². The summed E-state index contributed by atoms with van der Waals surface area (Å²) >= 11 is 1.40. The summed E-state index contributed by atoms with van der Waals surface area (Å²) in [6.45, 7) is 6.32. The third-order valence-electron chi connectivity index (χ3n) is 3.52. The first-order chi connectivity index (χ1) is 10.9. The van der Waals surface area contributed by atoms with Crippen LogP contribution in [0.1, 0.15) is 47.1 Å². The predicted octanol–water partition coefficient (Wildman–Crippen LogP) is 4.73. The lowest BCUT2D eigenvalue weighted by molar-refractivity contribution is 0.0596. The molecule has 23 heavy (non-hydrogen) atoms. The van der Waals surface area contributed by atoms with E-state index in [1.165, 1.54) is 18.9 Å². The Hall–Kier alpha value is -2.07. The number of benzene rings is 2. The molecule has 0 spiro atoms. The monoisotopic (exact) mass is 328 g/mol. The maximum absolute atomic E-state index is 11.9. The highest BCUT2D eigenvalue weighted by Gasteiger charge is 2.17. The zero-order valence-corrected chi connectivity index (χ0v) is 14.6. The molecule has 0 saturated heterocycles. The van der Waals surface area contributed by atoms with Crippen molar-refractivity contribution < 1.29 is 14.3 Å². The molecule has 3 nitrogen and oxygen atoms in total. The van der Waals surface area contributed by atoms with Crippen molar-refractivity contribution in [2.24, 2.45) is 0 Å². The normalized spacial score (nSPS) is 11.1. The Labute approximate surface area is 141 Å². The van der Waals surface area contributed by atoms with Crippen LogP contribution in [0.2, 0.25) is 0 Å². The zero-order chi connectivity index (χ0) is 17.0. The molecule has 0 heterocycles. The van der Waals surface area contributed by atoms with E-state index in [0.29, 0.717) is 11.1 Å². The van der Waals surface area contributed by atoms with Crippen LogP contribution in [-0.2, 0) is 10.2 Å². The van der Waals surface area contributed by atoms with E-state index in [-0.39, 0.29) is 11.4 Å². The highest BCUT2D eigenvalue weighted by atomic mass is 32.2. The molecule has 0 N–H and O–H groups in total. The van der Waals surface area contributed by atoms with Crippen molar-refractivity contribution >= 4 is 24.0 Å². The van der Waals surface area contributed by atoms with E-state index in [1.54, 1.807) is 12.1 Å². The van der Waals surface area contributed by atoms with Crippen molar-refractivity contribution in [2.45, 2.75) is 36.0 Å². The summed E-state index contributed by atoms with van der Waals surface area (Å²) in [4.78, 5) is 24.9. The van der Waals surface area contributed by atoms with Gasteiger partial charge in [0, 0.05) is 15.4 Å². The van der Waals surface area contributed by atoms with Gasteiger partial charge in [0.1, 0.15) is 0 Å². The van der Waals surface area contributed by atoms with Crippen LogP contribution in [0.5, 0.6) is 0 Å². The second-order valence-electron chi connectivity index (χ2n) is 6.21. The Balaban J connectivity index is 2.42. The smallest absolute Gasteiger partial charge is 0.339 e. The van der Waals surface area contributed by atoms with Crippen molar-refractivity contribution in [1.29, 1.82) is 0 Å². The summed E-state index contributed by atoms with van der Waals surface area (Å²) in [5, 5.41) is 0. The van der Waals surface area contributed by atoms with Crippen molar-refractivity contribution in [1.82, 2.24) is 0 Å². The first kappa shape index (κ1) is 17.3. The molecule has 120 valence electrons. The largest absolute Gasteiger partial charge is 0.465 e. The van der Waals surface area contributed by atoms with Gasteiger partial charge in [-0.15, -0.1) is 0 Å². The number of ether oxygens (including phenoxy) is 1. The maximum atomic E-state index is 11.9. The van der Waals surface area contributed by atoms with Gasteiger partial charge in [0.15, 0.2) is 6.29 Å². The van der Waals surface area contributed by atoms with E-state index in [2.05, 4.69) is 20.8 Å². The van der Waals surface area contributed by atoms with Crippen molar-refractivity contribution in [3.05, 3.63) is 59.2 Å². The second-order valence-corrected chi connectivity index (χ2v) is 7.29. The van der Waals surface area contributed by atoms with E-state index >= 15 is 0 Å². The molecule has 0 bridgehead atoms. The summed E-state index contributed by atoms with van der Waals surface area (Å²) in [5.74, 6) is -0.382. The molecule has 0 aliphatic heterocycles. The van der Waals surface area contributed by atoms with E-state index < -0.39 is 0 Å². The molecule has 0 amide bonds. The van der Waals surface area contributed by atoms with Crippen LogP contribution in [-0.4, -0.2) is 19.4 Å². The molecule has 0 aliphatic rings. The fraction of sp³-hybridized carbons (Fsp3) is 0.263. The first-order valence-electron chi connectivity index (χ1n) is 7.31. The van der Waals surface area contributed by atoms with Crippen LogP contribution < -0.4 is 0 Å². The van der Waals surface area contributed by atoms with E-state index in [1.807, 2.05) is 30.3 Å². The average Bonchev–Trinajstić information content (AvgIpc) is 2.54. The molecular weight excluding hydrogens is 308 g/mol. The first-order valence-corrected chi connectivity index (χ1v) is 8.13. The van der Waals surface area contributed by atoms with Gasteiger partial charge in [-0.2, -0.15) is 0 Å². The van der Waals surface area contributed by atoms with Crippen LogP contribution in [0.25, 0.3) is 0 Å². The third kappa shape index (κ3) is 4.02. The van der Waals surface area contributed by atoms with Crippen molar-refractivity contribution in [3.8, 4) is 0 Å². The van der Waals surface area contributed by atoms with Gasteiger partial charge in [0.25, 0.3) is 0 Å². The summed E-state index contributed by atoms with van der Waals surface area (Å²) in [6, 6.07) is 13.1. The van der Waals surface area contributed by atoms with Crippen LogP contribution in [0.15, 0.2) is 52.3 Å². The third-order valence-corrected chi connectivity index (χ3v) is 4.68. The zero-order valence-electron chi connectivity index (χ0n) is 13.8. The molecule has 2 aromatic carbocycles. The van der Waals surface area contributed by atoms with Gasteiger partial charge in [0.2, 0.25) is 0 Å². The van der Waals surface area contributed by atoms with E-state index in [9.17, 15) is 9.59 Å². The minimum absolute atomic E-state index is 0.0229. The van der Waals surface area contributed by atoms with Gasteiger partial charge >= 0.3 is 5.97 Å². The fourth-order valence-corrected chi connectivity index (χ4v) is 3.16. The molecule has 2 rings (SSSR count). The Morgan fingerprint density at radius 2 is 1.78 bits per heavy atom. The number of methoxy groups -OCH3 is 1. The summed E-state index contributed by atoms with van der Waals surface area (Å²) in [7, 11) is 1.36. The van der Waals surface area contributed by atoms with Gasteiger partial charge in [-0.1, -0.05) is 50.7 Å². The van der Waals surface area contributed by atoms with E-state index in [0.717, 1.165) is 21.6 Å². The lowest BCUT2D eigenvalue weighted by Crippen LogP contribution is -2.11. The van der Waals surface area contributed by atoms with Crippen molar-refractivity contribution in [2.75, 3.05) is 7.11 Å². The minimum atomic E-state index is -0.382. The molecule has 0 fully saturated rings. The van der Waals surface area contributed by atoms with Gasteiger partial charge in [0.05, 0.1) is 12.7 Å². The lowest BCUT2D eigenvalue weighted by Gasteiger charge is -2.20. The number of hydrogen-bond acceptors (Lipinski definition) is 4. The molecule has 0 unspecified atom stereocenters. The van der Waals surface area contributed by atoms with Gasteiger partial charge in [-0.25, -0.2) is 4.79 Å². The molecule has 0 aromatic heterocycles. The molecule has 0 aliphatic carbocycles. The highest BCUT2D eigenvalue weighted by molar-refractivity contribution is 7.99. The minimum Gasteiger partial charge on any atom is -0.465 e. The summed E-state index contributed by atoms with van der Waals surface area (Å²) in [6.07, 6.45) is 0.859. The SMILES string of the molecule is COC(=O)c1ccccc1Sc1ccc(C(C)(C)C)cc1C=O. The van der Waals surface area contributed by atoms with Crippen molar-refractivity contribution in [3.63, 3.8) is 0 Å². The molecule has 0 saturated carbocycles. The van der Waals surface area contributed by atoms with Gasteiger partial charge < -0.3 is 4.74 Å². The van der Waals surface area contributed by atoms with Crippen LogP contribution in [0, 0.1) is 0 Å². The number of hydrogen-bond donors (Lipinski definition) is 0. The standard InChI is InChI=1S/C19H20O3S/c1-19(2,3)14-9-10-16(13(11-14)12-20)23-17-8-6-5-7-15(17)18(21)22-4/h5-12H,1-4H3. The van der Waals surface area contributed by atoms with Gasteiger partial charge in [-0.05, 0) is 35.2 Å². The Morgan fingerprint density at radius 1 is 1.09 bits per heavy atom. The van der Waals surface area contributed by atoms with E-state index in [4.69, 9.17) is 4.74 Å². The molecule has 2 aromatic rings. The lowest BCUT2D eigenvalue weighted by atomic mass is 9.86. The fourth-order valence-electron chi connectivity index (χ4n) is 2.15. The number of esters is 1. The molecule has 4 heteroatoms. The Kier molecular flexibility index (Phi) is 5.26. The highest BCUT2D eigenvalue weighted by Crippen LogP contribution is 2.34. The number of carbonyl (C=O) groups is 2. The number of aldehydes is 1. The topological polar surface area (TPSA) is 43.4 Å². The second kappa shape index (κ2) is 7.01. The summed E-state index contributed by atoms with van der Waals surface area (Å²) in [5.41, 5.74) is 2.20. The molecule has 0 radical (unpaired) electrons. The summed E-state index contributed by atoms with van der Waals surface area (Å²) < 4.78 is 4.81. The predicted molar refractivity (Wildman–Crippen MR) is 92.4 cm³/mol. The van der Waals surface area contributed by atoms with Gasteiger partial charge in [-0.3, -0.25) is 4.79 Å². The number of carbonyl (C=O) groups excluding carboxylic acids is 2. The van der Waals surface area contributed by atoms with Crippen LogP contribution in [0.4, 0.5) is 0 Å². The molecule has 0 atom stereocenters. The molecular formula is C19H20O3S. The maximum Gasteiger partial charge on any atom is 0.339 e. The Bertz CT molecular complexity index is 730. The Morgan fingerprint density at radius 3 is 2.39 bits per heavy atom. The number of rotatable bonds is 4.